The van der Waals surface area contributed by atoms with Crippen molar-refractivity contribution < 1.29 is 45.0 Å². The van der Waals surface area contributed by atoms with Gasteiger partial charge in [-0.1, -0.05) is 17.7 Å². The monoisotopic (exact) mass is 538 g/mol. The molecule has 0 unspecified atom stereocenters. The van der Waals surface area contributed by atoms with Crippen molar-refractivity contribution >= 4 is 17.5 Å². The number of aliphatic hydroxyl groups excluding tert-OH is 1. The van der Waals surface area contributed by atoms with Gasteiger partial charge in [0.2, 0.25) is 5.91 Å². The van der Waals surface area contributed by atoms with Crippen molar-refractivity contribution in [3.8, 4) is 11.1 Å². The number of nitrogens with zero attached hydrogens (tertiary/aromatic N) is 2. The van der Waals surface area contributed by atoms with Crippen LogP contribution in [0.3, 0.4) is 0 Å². The van der Waals surface area contributed by atoms with Crippen molar-refractivity contribution in [2.75, 3.05) is 6.61 Å². The molecule has 0 aliphatic carbocycles. The van der Waals surface area contributed by atoms with Gasteiger partial charge >= 0.3 is 12.4 Å². The molecule has 0 aliphatic heterocycles. The van der Waals surface area contributed by atoms with E-state index in [4.69, 9.17) is 11.6 Å². The highest BCUT2D eigenvalue weighted by Crippen LogP contribution is 2.37. The molecular weight excluding hydrogens is 524 g/mol. The zero-order chi connectivity index (χ0) is 26.8. The Labute approximate surface area is 203 Å². The molecular formula is C23H15ClF8N2O2. The van der Waals surface area contributed by atoms with Gasteiger partial charge in [0.25, 0.3) is 0 Å². The molecule has 3 rings (SSSR count). The van der Waals surface area contributed by atoms with Crippen LogP contribution in [0.25, 0.3) is 11.1 Å². The second-order valence-corrected chi connectivity index (χ2v) is 7.90. The average molecular weight is 539 g/mol. The third kappa shape index (κ3) is 6.11. The lowest BCUT2D eigenvalue weighted by atomic mass is 9.99. The molecule has 0 radical (unpaired) electrons. The van der Waals surface area contributed by atoms with Gasteiger partial charge in [0.1, 0.15) is 23.4 Å². The summed E-state index contributed by atoms with van der Waals surface area (Å²) < 4.78 is 108. The minimum Gasteiger partial charge on any atom is -0.387 e. The highest BCUT2D eigenvalue weighted by molar-refractivity contribution is 6.30. The lowest BCUT2D eigenvalue weighted by molar-refractivity contribution is -0.143. The number of aromatic nitrogens is 1. The summed E-state index contributed by atoms with van der Waals surface area (Å²) in [6.07, 6.45) is -9.12. The Morgan fingerprint density at radius 2 is 1.47 bits per heavy atom. The Balaban J connectivity index is 2.10. The van der Waals surface area contributed by atoms with Crippen LogP contribution in [0.15, 0.2) is 48.7 Å². The molecule has 192 valence electrons. The number of hydrogen-bond donors (Lipinski definition) is 1. The minimum atomic E-state index is -5.12. The third-order valence-electron chi connectivity index (χ3n) is 5.09. The number of carbonyl (C=O) groups excluding carboxylic acids is 1. The van der Waals surface area contributed by atoms with E-state index in [9.17, 15) is 45.0 Å². The first-order valence-electron chi connectivity index (χ1n) is 9.97. The molecule has 2 aromatic carbocycles. The van der Waals surface area contributed by atoms with Crippen LogP contribution in [0.2, 0.25) is 5.15 Å². The fraction of sp³-hybridized carbons (Fsp3) is 0.217. The standard InChI is InChI=1S/C23H15ClF8N2O2/c24-21-16(15(4-5-33-21)20-17(25)2-1-3-18(20)26)10-34(19(36)11-35)9-12-6-13(22(27,28)29)8-14(7-12)23(30,31)32/h1-8,35H,9-11H2. The highest BCUT2D eigenvalue weighted by Gasteiger charge is 2.37. The van der Waals surface area contributed by atoms with Gasteiger partial charge in [0.15, 0.2) is 0 Å². The zero-order valence-electron chi connectivity index (χ0n) is 17.9. The maximum absolute atomic E-state index is 14.4. The molecule has 1 heterocycles. The van der Waals surface area contributed by atoms with E-state index >= 15 is 0 Å². The van der Waals surface area contributed by atoms with Crippen molar-refractivity contribution in [2.24, 2.45) is 0 Å². The first kappa shape index (κ1) is 27.3. The fourth-order valence-corrected chi connectivity index (χ4v) is 3.68. The third-order valence-corrected chi connectivity index (χ3v) is 5.42. The van der Waals surface area contributed by atoms with Crippen molar-refractivity contribution in [1.29, 1.82) is 0 Å². The predicted octanol–water partition coefficient (Wildman–Crippen LogP) is 6.24. The summed E-state index contributed by atoms with van der Waals surface area (Å²) in [5.41, 5.74) is -4.59. The van der Waals surface area contributed by atoms with Crippen LogP contribution in [0.5, 0.6) is 0 Å². The van der Waals surface area contributed by atoms with Gasteiger partial charge in [0.05, 0.1) is 16.7 Å². The normalized spacial score (nSPS) is 12.1. The molecule has 1 aromatic heterocycles. The van der Waals surface area contributed by atoms with Crippen LogP contribution < -0.4 is 0 Å². The highest BCUT2D eigenvalue weighted by atomic mass is 35.5. The molecule has 0 saturated carbocycles. The number of carbonyl (C=O) groups is 1. The van der Waals surface area contributed by atoms with Crippen LogP contribution in [-0.2, 0) is 30.2 Å². The number of pyridine rings is 1. The van der Waals surface area contributed by atoms with Crippen LogP contribution in [0.1, 0.15) is 22.3 Å². The van der Waals surface area contributed by atoms with Crippen molar-refractivity contribution in [3.05, 3.63) is 87.7 Å². The molecule has 1 amide bonds. The maximum atomic E-state index is 14.4. The Morgan fingerprint density at radius 1 is 0.917 bits per heavy atom. The topological polar surface area (TPSA) is 53.4 Å². The van der Waals surface area contributed by atoms with E-state index in [1.165, 1.54) is 6.07 Å². The van der Waals surface area contributed by atoms with Crippen LogP contribution in [0.4, 0.5) is 35.1 Å². The number of aliphatic hydroxyl groups is 1. The Kier molecular flexibility index (Phi) is 7.89. The number of alkyl halides is 6. The number of halogens is 9. The van der Waals surface area contributed by atoms with Crippen LogP contribution in [-0.4, -0.2) is 27.5 Å². The fourth-order valence-electron chi connectivity index (χ4n) is 3.46. The smallest absolute Gasteiger partial charge is 0.387 e. The molecule has 4 nitrogen and oxygen atoms in total. The molecule has 13 heteroatoms. The van der Waals surface area contributed by atoms with E-state index < -0.39 is 71.8 Å². The SMILES string of the molecule is O=C(CO)N(Cc1cc(C(F)(F)F)cc(C(F)(F)F)c1)Cc1c(-c2c(F)cccc2F)ccnc1Cl. The van der Waals surface area contributed by atoms with E-state index in [1.807, 2.05) is 0 Å². The summed E-state index contributed by atoms with van der Waals surface area (Å²) in [5, 5.41) is 9.03. The predicted molar refractivity (Wildman–Crippen MR) is 112 cm³/mol. The molecule has 0 fully saturated rings. The number of rotatable bonds is 6. The first-order valence-corrected chi connectivity index (χ1v) is 10.3. The van der Waals surface area contributed by atoms with E-state index in [2.05, 4.69) is 4.98 Å². The molecule has 0 saturated heterocycles. The lowest BCUT2D eigenvalue weighted by Gasteiger charge is -2.25. The Morgan fingerprint density at radius 3 is 1.97 bits per heavy atom. The van der Waals surface area contributed by atoms with Gasteiger partial charge < -0.3 is 10.0 Å². The molecule has 3 aromatic rings. The first-order chi connectivity index (χ1) is 16.7. The van der Waals surface area contributed by atoms with Gasteiger partial charge in [-0.2, -0.15) is 26.3 Å². The van der Waals surface area contributed by atoms with Gasteiger partial charge in [0, 0.05) is 24.8 Å². The zero-order valence-corrected chi connectivity index (χ0v) is 18.6. The molecule has 0 atom stereocenters. The number of amides is 1. The van der Waals surface area contributed by atoms with Gasteiger partial charge in [-0.25, -0.2) is 13.8 Å². The lowest BCUT2D eigenvalue weighted by Crippen LogP contribution is -2.33. The summed E-state index contributed by atoms with van der Waals surface area (Å²) in [6, 6.07) is 4.96. The quantitative estimate of drug-likeness (QED) is 0.299. The van der Waals surface area contributed by atoms with E-state index in [0.717, 1.165) is 24.4 Å². The summed E-state index contributed by atoms with van der Waals surface area (Å²) in [6.45, 7) is -2.63. The van der Waals surface area contributed by atoms with E-state index in [-0.39, 0.29) is 22.3 Å². The minimum absolute atomic E-state index is 0.0707. The average Bonchev–Trinajstić information content (AvgIpc) is 2.78. The summed E-state index contributed by atoms with van der Waals surface area (Å²) in [5.74, 6) is -3.08. The molecule has 1 N–H and O–H groups in total. The second-order valence-electron chi connectivity index (χ2n) is 7.55. The van der Waals surface area contributed by atoms with Crippen LogP contribution >= 0.6 is 11.6 Å². The maximum Gasteiger partial charge on any atom is 0.416 e. The molecule has 0 aliphatic rings. The number of hydrogen-bond acceptors (Lipinski definition) is 3. The number of benzene rings is 2. The Hall–Kier alpha value is -3.25. The van der Waals surface area contributed by atoms with Gasteiger partial charge in [-0.05, 0) is 47.5 Å². The molecule has 36 heavy (non-hydrogen) atoms. The largest absolute Gasteiger partial charge is 0.416 e. The van der Waals surface area contributed by atoms with Gasteiger partial charge in [-0.15, -0.1) is 0 Å². The van der Waals surface area contributed by atoms with Crippen molar-refractivity contribution in [3.63, 3.8) is 0 Å². The van der Waals surface area contributed by atoms with Gasteiger partial charge in [-0.3, -0.25) is 4.79 Å². The molecule has 0 bridgehead atoms. The summed E-state index contributed by atoms with van der Waals surface area (Å²) >= 11 is 6.10. The van der Waals surface area contributed by atoms with Crippen molar-refractivity contribution in [1.82, 2.24) is 9.88 Å². The van der Waals surface area contributed by atoms with Crippen LogP contribution in [0, 0.1) is 11.6 Å². The summed E-state index contributed by atoms with van der Waals surface area (Å²) in [4.78, 5) is 16.9. The van der Waals surface area contributed by atoms with E-state index in [0.29, 0.717) is 17.0 Å². The van der Waals surface area contributed by atoms with Crippen molar-refractivity contribution in [2.45, 2.75) is 25.4 Å². The molecule has 0 spiro atoms. The second kappa shape index (κ2) is 10.4. The summed E-state index contributed by atoms with van der Waals surface area (Å²) in [7, 11) is 0. The Bertz CT molecular complexity index is 1230. The van der Waals surface area contributed by atoms with E-state index in [1.54, 1.807) is 0 Å².